The number of aromatic nitrogens is 4. The van der Waals surface area contributed by atoms with Crippen LogP contribution in [0.4, 0.5) is 0 Å². The Kier molecular flexibility index (Phi) is 7.58. The molecule has 0 atom stereocenters. The lowest BCUT2D eigenvalue weighted by Gasteiger charge is -2.37. The topological polar surface area (TPSA) is 63.9 Å². The Morgan fingerprint density at radius 3 is 2.56 bits per heavy atom. The Hall–Kier alpha value is -2.67. The molecule has 0 spiro atoms. The maximum atomic E-state index is 13.2. The highest BCUT2D eigenvalue weighted by atomic mass is 32.2. The van der Waals surface area contributed by atoms with Crippen molar-refractivity contribution in [2.45, 2.75) is 69.7 Å². The Labute approximate surface area is 194 Å². The van der Waals surface area contributed by atoms with Crippen LogP contribution in [0.15, 0.2) is 60.0 Å². The van der Waals surface area contributed by atoms with Crippen LogP contribution in [-0.2, 0) is 11.3 Å². The summed E-state index contributed by atoms with van der Waals surface area (Å²) in [5.41, 5.74) is 2.08. The van der Waals surface area contributed by atoms with Gasteiger partial charge in [-0.3, -0.25) is 14.3 Å². The van der Waals surface area contributed by atoms with Gasteiger partial charge in [-0.2, -0.15) is 0 Å². The van der Waals surface area contributed by atoms with Gasteiger partial charge in [0, 0.05) is 30.0 Å². The van der Waals surface area contributed by atoms with Crippen molar-refractivity contribution >= 4 is 17.7 Å². The van der Waals surface area contributed by atoms with Crippen LogP contribution in [0, 0.1) is 0 Å². The predicted octanol–water partition coefficient (Wildman–Crippen LogP) is 5.05. The first kappa shape index (κ1) is 22.5. The van der Waals surface area contributed by atoms with Crippen LogP contribution in [-0.4, -0.2) is 48.4 Å². The fourth-order valence-electron chi connectivity index (χ4n) is 4.49. The number of hydrogen-bond donors (Lipinski definition) is 0. The first-order valence-corrected chi connectivity index (χ1v) is 12.4. The zero-order valence-electron chi connectivity index (χ0n) is 18.9. The first-order chi connectivity index (χ1) is 15.6. The highest BCUT2D eigenvalue weighted by Crippen LogP contribution is 2.28. The summed E-state index contributed by atoms with van der Waals surface area (Å²) in [4.78, 5) is 19.6. The number of carbonyl (C=O) groups excluding carboxylic acids is 1. The van der Waals surface area contributed by atoms with E-state index in [2.05, 4.69) is 50.6 Å². The van der Waals surface area contributed by atoms with Crippen LogP contribution in [0.25, 0.3) is 11.4 Å². The minimum absolute atomic E-state index is 0.189. The minimum atomic E-state index is 0.189. The van der Waals surface area contributed by atoms with Crippen LogP contribution in [0.2, 0.25) is 0 Å². The van der Waals surface area contributed by atoms with Crippen LogP contribution in [0.3, 0.4) is 0 Å². The second kappa shape index (κ2) is 10.8. The molecule has 3 aromatic rings. The number of carbonyl (C=O) groups is 1. The Morgan fingerprint density at radius 1 is 1.09 bits per heavy atom. The number of nitrogens with zero attached hydrogens (tertiary/aromatic N) is 5. The number of benzene rings is 1. The van der Waals surface area contributed by atoms with E-state index in [1.807, 2.05) is 30.3 Å². The summed E-state index contributed by atoms with van der Waals surface area (Å²) in [5.74, 6) is 1.33. The molecule has 2 aromatic heterocycles. The fourth-order valence-corrected chi connectivity index (χ4v) is 5.29. The summed E-state index contributed by atoms with van der Waals surface area (Å²) in [6.07, 6.45) is 9.50. The van der Waals surface area contributed by atoms with E-state index in [4.69, 9.17) is 0 Å². The molecule has 2 heterocycles. The molecule has 1 aliphatic rings. The van der Waals surface area contributed by atoms with Crippen molar-refractivity contribution in [1.82, 2.24) is 24.6 Å². The second-order valence-electron chi connectivity index (χ2n) is 8.59. The molecule has 0 saturated heterocycles. The third kappa shape index (κ3) is 5.38. The maximum absolute atomic E-state index is 13.2. The summed E-state index contributed by atoms with van der Waals surface area (Å²) < 4.78 is 2.09. The van der Waals surface area contributed by atoms with E-state index in [0.29, 0.717) is 18.3 Å². The third-order valence-electron chi connectivity index (χ3n) is 5.96. The molecule has 1 amide bonds. The van der Waals surface area contributed by atoms with Gasteiger partial charge in [-0.25, -0.2) is 0 Å². The largest absolute Gasteiger partial charge is 0.337 e. The summed E-state index contributed by atoms with van der Waals surface area (Å²) >= 11 is 1.48. The van der Waals surface area contributed by atoms with Gasteiger partial charge < -0.3 is 4.90 Å². The lowest BCUT2D eigenvalue weighted by atomic mass is 9.93. The van der Waals surface area contributed by atoms with E-state index < -0.39 is 0 Å². The maximum Gasteiger partial charge on any atom is 0.233 e. The summed E-state index contributed by atoms with van der Waals surface area (Å²) in [7, 11) is 0. The molecule has 0 N–H and O–H groups in total. The molecule has 4 rings (SSSR count). The van der Waals surface area contributed by atoms with Crippen molar-refractivity contribution in [1.29, 1.82) is 0 Å². The van der Waals surface area contributed by atoms with E-state index in [0.717, 1.165) is 34.9 Å². The van der Waals surface area contributed by atoms with Gasteiger partial charge >= 0.3 is 0 Å². The Morgan fingerprint density at radius 2 is 1.88 bits per heavy atom. The average Bonchev–Trinajstić information content (AvgIpc) is 3.22. The van der Waals surface area contributed by atoms with Gasteiger partial charge in [-0.15, -0.1) is 10.2 Å². The Bertz CT molecular complexity index is 1000. The minimum Gasteiger partial charge on any atom is -0.337 e. The van der Waals surface area contributed by atoms with Crippen LogP contribution in [0.5, 0.6) is 0 Å². The first-order valence-electron chi connectivity index (χ1n) is 11.4. The molecule has 1 fully saturated rings. The number of rotatable bonds is 8. The molecule has 0 radical (unpaired) electrons. The van der Waals surface area contributed by atoms with Crippen molar-refractivity contribution in [3.63, 3.8) is 0 Å². The zero-order valence-corrected chi connectivity index (χ0v) is 19.7. The average molecular weight is 450 g/mol. The fraction of sp³-hybridized carbons (Fsp3) is 0.440. The quantitative estimate of drug-likeness (QED) is 0.450. The second-order valence-corrected chi connectivity index (χ2v) is 9.54. The number of hydrogen-bond acceptors (Lipinski definition) is 5. The molecule has 0 unspecified atom stereocenters. The molecule has 0 bridgehead atoms. The SMILES string of the molecule is CC(C)N(C(=O)CSc1nnc(-c2cccnc2)n1Cc1ccccc1)C1CCCCC1. The predicted molar refractivity (Wildman–Crippen MR) is 128 cm³/mol. The van der Waals surface area contributed by atoms with Gasteiger partial charge in [0.15, 0.2) is 11.0 Å². The van der Waals surface area contributed by atoms with Gasteiger partial charge in [0.05, 0.1) is 12.3 Å². The Balaban J connectivity index is 1.55. The van der Waals surface area contributed by atoms with Crippen molar-refractivity contribution in [2.75, 3.05) is 5.75 Å². The zero-order chi connectivity index (χ0) is 22.3. The molecule has 168 valence electrons. The van der Waals surface area contributed by atoms with Crippen LogP contribution < -0.4 is 0 Å². The summed E-state index contributed by atoms with van der Waals surface area (Å²) in [6.45, 7) is 4.89. The molecule has 0 aliphatic heterocycles. The summed E-state index contributed by atoms with van der Waals surface area (Å²) in [5, 5.41) is 9.67. The highest BCUT2D eigenvalue weighted by Gasteiger charge is 2.28. The van der Waals surface area contributed by atoms with E-state index in [9.17, 15) is 4.79 Å². The van der Waals surface area contributed by atoms with Gasteiger partial charge in [-0.1, -0.05) is 61.4 Å². The molecule has 6 nitrogen and oxygen atoms in total. The summed E-state index contributed by atoms with van der Waals surface area (Å²) in [6, 6.07) is 14.7. The van der Waals surface area contributed by atoms with Gasteiger partial charge in [0.25, 0.3) is 0 Å². The highest BCUT2D eigenvalue weighted by molar-refractivity contribution is 7.99. The monoisotopic (exact) mass is 449 g/mol. The number of pyridine rings is 1. The number of thioether (sulfide) groups is 1. The molecule has 32 heavy (non-hydrogen) atoms. The molecule has 1 aliphatic carbocycles. The van der Waals surface area contributed by atoms with Crippen molar-refractivity contribution in [3.05, 3.63) is 60.4 Å². The van der Waals surface area contributed by atoms with Gasteiger partial charge in [0.2, 0.25) is 5.91 Å². The smallest absolute Gasteiger partial charge is 0.233 e. The molecule has 7 heteroatoms. The standard InChI is InChI=1S/C25H31N5OS/c1-19(2)30(22-13-7-4-8-14-22)23(31)18-32-25-28-27-24(21-12-9-15-26-16-21)29(25)17-20-10-5-3-6-11-20/h3,5-6,9-12,15-16,19,22H,4,7-8,13-14,17-18H2,1-2H3. The lowest BCUT2D eigenvalue weighted by Crippen LogP contribution is -2.46. The van der Waals surface area contributed by atoms with Crippen LogP contribution >= 0.6 is 11.8 Å². The number of amides is 1. The third-order valence-corrected chi connectivity index (χ3v) is 6.91. The molecular formula is C25H31N5OS. The molecule has 1 saturated carbocycles. The van der Waals surface area contributed by atoms with E-state index >= 15 is 0 Å². The van der Waals surface area contributed by atoms with Gasteiger partial charge in [-0.05, 0) is 44.4 Å². The van der Waals surface area contributed by atoms with Crippen molar-refractivity contribution in [3.8, 4) is 11.4 Å². The van der Waals surface area contributed by atoms with E-state index in [1.54, 1.807) is 12.4 Å². The lowest BCUT2D eigenvalue weighted by molar-refractivity contribution is -0.133. The van der Waals surface area contributed by atoms with Crippen LogP contribution in [0.1, 0.15) is 51.5 Å². The van der Waals surface area contributed by atoms with Crippen molar-refractivity contribution < 1.29 is 4.79 Å². The van der Waals surface area contributed by atoms with Crippen molar-refractivity contribution in [2.24, 2.45) is 0 Å². The normalized spacial score (nSPS) is 14.6. The molecular weight excluding hydrogens is 418 g/mol. The van der Waals surface area contributed by atoms with E-state index in [1.165, 1.54) is 31.0 Å². The molecule has 1 aromatic carbocycles. The van der Waals surface area contributed by atoms with E-state index in [-0.39, 0.29) is 11.9 Å². The van der Waals surface area contributed by atoms with Gasteiger partial charge in [0.1, 0.15) is 0 Å².